The van der Waals surface area contributed by atoms with Crippen LogP contribution in [0.25, 0.3) is 0 Å². The molecular weight excluding hydrogens is 344 g/mol. The van der Waals surface area contributed by atoms with Crippen LogP contribution in [0.1, 0.15) is 27.8 Å². The van der Waals surface area contributed by atoms with E-state index in [1.165, 1.54) is 5.56 Å². The Morgan fingerprint density at radius 3 is 1.65 bits per heavy atom. The maximum atomic E-state index is 13.4. The molecule has 4 nitrogen and oxygen atoms in total. The summed E-state index contributed by atoms with van der Waals surface area (Å²) < 4.78 is 28.4. The highest BCUT2D eigenvalue weighted by molar-refractivity contribution is 7.89. The molecular formula is C21H28N2O2S. The predicted octanol–water partition coefficient (Wildman–Crippen LogP) is 3.74. The van der Waals surface area contributed by atoms with E-state index in [0.29, 0.717) is 31.1 Å². The smallest absolute Gasteiger partial charge is 0.243 e. The lowest BCUT2D eigenvalue weighted by atomic mass is 9.95. The van der Waals surface area contributed by atoms with Crippen molar-refractivity contribution in [1.82, 2.24) is 4.31 Å². The molecule has 0 unspecified atom stereocenters. The topological polar surface area (TPSA) is 40.6 Å². The molecule has 0 saturated carbocycles. The van der Waals surface area contributed by atoms with Gasteiger partial charge in [0.25, 0.3) is 0 Å². The molecule has 0 spiro atoms. The lowest BCUT2D eigenvalue weighted by molar-refractivity contribution is 0.384. The zero-order chi connectivity index (χ0) is 19.1. The highest BCUT2D eigenvalue weighted by Crippen LogP contribution is 2.32. The molecule has 1 saturated heterocycles. The number of anilines is 1. The fourth-order valence-electron chi connectivity index (χ4n) is 3.81. The Hall–Kier alpha value is -1.85. The van der Waals surface area contributed by atoms with Crippen molar-refractivity contribution in [2.24, 2.45) is 0 Å². The predicted molar refractivity (Wildman–Crippen MR) is 108 cm³/mol. The van der Waals surface area contributed by atoms with Crippen LogP contribution in [0.5, 0.6) is 0 Å². The summed E-state index contributed by atoms with van der Waals surface area (Å²) in [6.45, 7) is 12.4. The van der Waals surface area contributed by atoms with Gasteiger partial charge in [0.1, 0.15) is 0 Å². The zero-order valence-electron chi connectivity index (χ0n) is 16.3. The summed E-state index contributed by atoms with van der Waals surface area (Å²) in [5, 5.41) is 0. The average Bonchev–Trinajstić information content (AvgIpc) is 2.65. The van der Waals surface area contributed by atoms with Crippen molar-refractivity contribution >= 4 is 15.7 Å². The van der Waals surface area contributed by atoms with E-state index in [1.807, 2.05) is 45.9 Å². The standard InChI is InChI=1S/C21H28N2O2S/c1-15-16(2)18(4)21(19(5)17(15)3)26(24,25)23-13-11-22(12-14-23)20-9-7-6-8-10-20/h6-10H,11-14H2,1-5H3. The molecule has 0 aliphatic carbocycles. The van der Waals surface area contributed by atoms with Crippen LogP contribution in [0, 0.1) is 34.6 Å². The summed E-state index contributed by atoms with van der Waals surface area (Å²) in [5.41, 5.74) is 6.27. The highest BCUT2D eigenvalue weighted by atomic mass is 32.2. The van der Waals surface area contributed by atoms with Crippen molar-refractivity contribution in [3.05, 3.63) is 58.1 Å². The first kappa shape index (κ1) is 18.9. The van der Waals surface area contributed by atoms with Crippen LogP contribution in [-0.2, 0) is 10.0 Å². The van der Waals surface area contributed by atoms with Gasteiger partial charge < -0.3 is 4.90 Å². The largest absolute Gasteiger partial charge is 0.369 e. The summed E-state index contributed by atoms with van der Waals surface area (Å²) in [4.78, 5) is 2.75. The van der Waals surface area contributed by atoms with E-state index >= 15 is 0 Å². The second-order valence-corrected chi connectivity index (χ2v) is 9.06. The van der Waals surface area contributed by atoms with Crippen molar-refractivity contribution in [1.29, 1.82) is 0 Å². The van der Waals surface area contributed by atoms with Gasteiger partial charge in [-0.15, -0.1) is 0 Å². The molecule has 140 valence electrons. The second kappa shape index (κ2) is 7.05. The number of nitrogens with zero attached hydrogens (tertiary/aromatic N) is 2. The summed E-state index contributed by atoms with van der Waals surface area (Å²) in [7, 11) is -3.48. The van der Waals surface area contributed by atoms with Gasteiger partial charge in [0, 0.05) is 31.9 Å². The van der Waals surface area contributed by atoms with Gasteiger partial charge in [-0.2, -0.15) is 4.31 Å². The molecule has 0 radical (unpaired) electrons. The number of hydrogen-bond donors (Lipinski definition) is 0. The third-order valence-electron chi connectivity index (χ3n) is 5.89. The molecule has 1 aliphatic rings. The first-order valence-corrected chi connectivity index (χ1v) is 10.6. The molecule has 2 aromatic carbocycles. The molecule has 0 amide bonds. The molecule has 0 bridgehead atoms. The van der Waals surface area contributed by atoms with Crippen LogP contribution in [0.15, 0.2) is 35.2 Å². The maximum Gasteiger partial charge on any atom is 0.243 e. The van der Waals surface area contributed by atoms with Crippen LogP contribution in [0.3, 0.4) is 0 Å². The minimum atomic E-state index is -3.48. The Kier molecular flexibility index (Phi) is 5.13. The molecule has 1 fully saturated rings. The Morgan fingerprint density at radius 1 is 0.692 bits per heavy atom. The van der Waals surface area contributed by atoms with Gasteiger partial charge in [-0.05, 0) is 74.6 Å². The van der Waals surface area contributed by atoms with E-state index in [4.69, 9.17) is 0 Å². The van der Waals surface area contributed by atoms with Crippen LogP contribution < -0.4 is 4.90 Å². The fraction of sp³-hybridized carbons (Fsp3) is 0.429. The SMILES string of the molecule is Cc1c(C)c(C)c(S(=O)(=O)N2CCN(c3ccccc3)CC2)c(C)c1C. The molecule has 0 atom stereocenters. The Labute approximate surface area is 157 Å². The van der Waals surface area contributed by atoms with E-state index in [0.717, 1.165) is 27.9 Å². The first-order valence-electron chi connectivity index (χ1n) is 9.12. The Morgan fingerprint density at radius 2 is 1.15 bits per heavy atom. The monoisotopic (exact) mass is 372 g/mol. The molecule has 0 N–H and O–H groups in total. The summed E-state index contributed by atoms with van der Waals surface area (Å²) >= 11 is 0. The van der Waals surface area contributed by atoms with E-state index in [2.05, 4.69) is 24.0 Å². The third kappa shape index (κ3) is 3.14. The van der Waals surface area contributed by atoms with Gasteiger partial charge in [0.05, 0.1) is 4.90 Å². The van der Waals surface area contributed by atoms with Crippen molar-refractivity contribution in [2.45, 2.75) is 39.5 Å². The Balaban J connectivity index is 1.89. The molecule has 3 rings (SSSR count). The molecule has 1 heterocycles. The Bertz CT molecular complexity index is 884. The average molecular weight is 373 g/mol. The lowest BCUT2D eigenvalue weighted by Gasteiger charge is -2.36. The fourth-order valence-corrected chi connectivity index (χ4v) is 5.79. The zero-order valence-corrected chi connectivity index (χ0v) is 17.2. The highest BCUT2D eigenvalue weighted by Gasteiger charge is 2.32. The third-order valence-corrected chi connectivity index (χ3v) is 8.06. The first-order chi connectivity index (χ1) is 12.2. The van der Waals surface area contributed by atoms with Gasteiger partial charge in [-0.1, -0.05) is 18.2 Å². The van der Waals surface area contributed by atoms with E-state index in [9.17, 15) is 8.42 Å². The number of rotatable bonds is 3. The maximum absolute atomic E-state index is 13.4. The number of para-hydroxylation sites is 1. The van der Waals surface area contributed by atoms with Crippen LogP contribution in [0.2, 0.25) is 0 Å². The van der Waals surface area contributed by atoms with E-state index in [1.54, 1.807) is 4.31 Å². The molecule has 0 aromatic heterocycles. The number of benzene rings is 2. The minimum Gasteiger partial charge on any atom is -0.369 e. The van der Waals surface area contributed by atoms with Crippen molar-refractivity contribution < 1.29 is 8.42 Å². The number of piperazine rings is 1. The molecule has 26 heavy (non-hydrogen) atoms. The molecule has 2 aromatic rings. The summed E-state index contributed by atoms with van der Waals surface area (Å²) in [5.74, 6) is 0. The van der Waals surface area contributed by atoms with Crippen LogP contribution in [0.4, 0.5) is 5.69 Å². The normalized spacial score (nSPS) is 16.1. The van der Waals surface area contributed by atoms with Crippen LogP contribution in [-0.4, -0.2) is 38.9 Å². The van der Waals surface area contributed by atoms with Gasteiger partial charge in [0.15, 0.2) is 0 Å². The van der Waals surface area contributed by atoms with Gasteiger partial charge >= 0.3 is 0 Å². The summed E-state index contributed by atoms with van der Waals surface area (Å²) in [6.07, 6.45) is 0. The number of hydrogen-bond acceptors (Lipinski definition) is 3. The molecule has 5 heteroatoms. The number of sulfonamides is 1. The van der Waals surface area contributed by atoms with E-state index < -0.39 is 10.0 Å². The second-order valence-electron chi connectivity index (χ2n) is 7.18. The van der Waals surface area contributed by atoms with E-state index in [-0.39, 0.29) is 0 Å². The van der Waals surface area contributed by atoms with Gasteiger partial charge in [-0.3, -0.25) is 0 Å². The van der Waals surface area contributed by atoms with Gasteiger partial charge in [0.2, 0.25) is 10.0 Å². The molecule has 1 aliphatic heterocycles. The van der Waals surface area contributed by atoms with Crippen molar-refractivity contribution in [2.75, 3.05) is 31.1 Å². The van der Waals surface area contributed by atoms with Crippen molar-refractivity contribution in [3.8, 4) is 0 Å². The van der Waals surface area contributed by atoms with Crippen LogP contribution >= 0.6 is 0 Å². The van der Waals surface area contributed by atoms with Gasteiger partial charge in [-0.25, -0.2) is 8.42 Å². The quantitative estimate of drug-likeness (QED) is 0.824. The van der Waals surface area contributed by atoms with Crippen molar-refractivity contribution in [3.63, 3.8) is 0 Å². The minimum absolute atomic E-state index is 0.506. The summed E-state index contributed by atoms with van der Waals surface area (Å²) in [6, 6.07) is 10.2. The lowest BCUT2D eigenvalue weighted by Crippen LogP contribution is -2.49.